The second kappa shape index (κ2) is 6.29. The number of halogens is 2. The van der Waals surface area contributed by atoms with Crippen molar-refractivity contribution in [1.29, 1.82) is 0 Å². The van der Waals surface area contributed by atoms with Crippen molar-refractivity contribution in [2.45, 2.75) is 23.8 Å². The van der Waals surface area contributed by atoms with E-state index in [2.05, 4.69) is 10.0 Å². The number of amides is 1. The molecule has 0 unspecified atom stereocenters. The summed E-state index contributed by atoms with van der Waals surface area (Å²) in [5.41, 5.74) is -0.461. The maximum Gasteiger partial charge on any atom is 0.255 e. The minimum absolute atomic E-state index is 0.0259. The second-order valence-corrected chi connectivity index (χ2v) is 7.18. The Bertz CT molecular complexity index is 858. The maximum absolute atomic E-state index is 13.5. The molecule has 0 atom stereocenters. The predicted octanol–water partition coefficient (Wildman–Crippen LogP) is 2.66. The highest BCUT2D eigenvalue weighted by molar-refractivity contribution is 7.89. The molecule has 1 amide bonds. The Kier molecular flexibility index (Phi) is 4.33. The minimum Gasteiger partial charge on any atom is -0.317 e. The van der Waals surface area contributed by atoms with Crippen LogP contribution in [-0.4, -0.2) is 20.4 Å². The summed E-state index contributed by atoms with van der Waals surface area (Å²) in [6.07, 6.45) is 1.63. The van der Waals surface area contributed by atoms with Gasteiger partial charge in [-0.3, -0.25) is 4.79 Å². The first kappa shape index (κ1) is 16.5. The van der Waals surface area contributed by atoms with E-state index < -0.39 is 33.3 Å². The van der Waals surface area contributed by atoms with Gasteiger partial charge in [-0.25, -0.2) is 21.9 Å². The smallest absolute Gasteiger partial charge is 0.255 e. The fourth-order valence-corrected chi connectivity index (χ4v) is 3.38. The molecule has 2 aromatic rings. The fourth-order valence-electron chi connectivity index (χ4n) is 2.08. The summed E-state index contributed by atoms with van der Waals surface area (Å²) in [6.45, 7) is 0. The van der Waals surface area contributed by atoms with Crippen molar-refractivity contribution in [3.8, 4) is 0 Å². The van der Waals surface area contributed by atoms with Gasteiger partial charge in [-0.2, -0.15) is 0 Å². The van der Waals surface area contributed by atoms with E-state index in [1.165, 1.54) is 30.3 Å². The molecule has 0 heterocycles. The lowest BCUT2D eigenvalue weighted by molar-refractivity contribution is 0.102. The van der Waals surface area contributed by atoms with E-state index in [1.54, 1.807) is 0 Å². The average Bonchev–Trinajstić information content (AvgIpc) is 3.34. The van der Waals surface area contributed by atoms with Crippen molar-refractivity contribution in [2.24, 2.45) is 0 Å². The molecule has 0 spiro atoms. The van der Waals surface area contributed by atoms with Crippen LogP contribution in [0.2, 0.25) is 0 Å². The number of benzene rings is 2. The lowest BCUT2D eigenvalue weighted by atomic mass is 10.2. The van der Waals surface area contributed by atoms with E-state index in [4.69, 9.17) is 0 Å². The number of sulfonamides is 1. The van der Waals surface area contributed by atoms with Crippen LogP contribution in [0, 0.1) is 11.6 Å². The first-order valence-electron chi connectivity index (χ1n) is 7.24. The quantitative estimate of drug-likeness (QED) is 0.869. The Morgan fingerprint density at radius 1 is 1.00 bits per heavy atom. The fraction of sp³-hybridized carbons (Fsp3) is 0.188. The molecule has 1 saturated carbocycles. The molecule has 1 aliphatic carbocycles. The monoisotopic (exact) mass is 352 g/mol. The Hall–Kier alpha value is -2.32. The van der Waals surface area contributed by atoms with Crippen LogP contribution in [0.15, 0.2) is 47.4 Å². The summed E-state index contributed by atoms with van der Waals surface area (Å²) >= 11 is 0. The standard InChI is InChI=1S/C16H14F2N2O3S/c17-13-2-1-3-14(18)15(13)19-16(21)10-4-8-12(9-5-10)24(22,23)20-11-6-7-11/h1-5,8-9,11,20H,6-7H2,(H,19,21). The van der Waals surface area contributed by atoms with E-state index >= 15 is 0 Å². The Morgan fingerprint density at radius 2 is 1.58 bits per heavy atom. The highest BCUT2D eigenvalue weighted by Crippen LogP contribution is 2.23. The topological polar surface area (TPSA) is 75.3 Å². The van der Waals surface area contributed by atoms with Gasteiger partial charge in [0.2, 0.25) is 10.0 Å². The number of nitrogens with one attached hydrogen (secondary N) is 2. The summed E-state index contributed by atoms with van der Waals surface area (Å²) < 4.78 is 53.7. The van der Waals surface area contributed by atoms with E-state index in [1.807, 2.05) is 0 Å². The van der Waals surface area contributed by atoms with Gasteiger partial charge in [-0.1, -0.05) is 6.07 Å². The van der Waals surface area contributed by atoms with Gasteiger partial charge in [-0.05, 0) is 49.2 Å². The number of para-hydroxylation sites is 1. The molecule has 126 valence electrons. The van der Waals surface area contributed by atoms with Crippen LogP contribution in [0.25, 0.3) is 0 Å². The van der Waals surface area contributed by atoms with Crippen LogP contribution in [0.3, 0.4) is 0 Å². The van der Waals surface area contributed by atoms with E-state index in [0.29, 0.717) is 0 Å². The Labute approximate surface area is 137 Å². The van der Waals surface area contributed by atoms with Crippen molar-refractivity contribution in [3.63, 3.8) is 0 Å². The summed E-state index contributed by atoms with van der Waals surface area (Å²) in [7, 11) is -3.61. The molecule has 2 aromatic carbocycles. The highest BCUT2D eigenvalue weighted by atomic mass is 32.2. The van der Waals surface area contributed by atoms with Crippen LogP contribution >= 0.6 is 0 Å². The molecule has 0 aromatic heterocycles. The summed E-state index contributed by atoms with van der Waals surface area (Å²) in [4.78, 5) is 12.1. The summed E-state index contributed by atoms with van der Waals surface area (Å²) in [5.74, 6) is -2.52. The summed E-state index contributed by atoms with van der Waals surface area (Å²) in [5, 5.41) is 2.14. The maximum atomic E-state index is 13.5. The molecular formula is C16H14F2N2O3S. The number of carbonyl (C=O) groups is 1. The normalized spacial score (nSPS) is 14.4. The van der Waals surface area contributed by atoms with Gasteiger partial charge in [0.1, 0.15) is 17.3 Å². The van der Waals surface area contributed by atoms with Crippen LogP contribution in [0.4, 0.5) is 14.5 Å². The third-order valence-corrected chi connectivity index (χ3v) is 5.06. The number of carbonyl (C=O) groups excluding carboxylic acids is 1. The molecular weight excluding hydrogens is 338 g/mol. The van der Waals surface area contributed by atoms with Crippen molar-refractivity contribution >= 4 is 21.6 Å². The third-order valence-electron chi connectivity index (χ3n) is 3.53. The minimum atomic E-state index is -3.61. The van der Waals surface area contributed by atoms with Crippen LogP contribution < -0.4 is 10.0 Å². The predicted molar refractivity (Wildman–Crippen MR) is 84.1 cm³/mol. The van der Waals surface area contributed by atoms with Crippen LogP contribution in [-0.2, 0) is 10.0 Å². The first-order valence-corrected chi connectivity index (χ1v) is 8.73. The van der Waals surface area contributed by atoms with Crippen molar-refractivity contribution in [2.75, 3.05) is 5.32 Å². The second-order valence-electron chi connectivity index (χ2n) is 5.47. The van der Waals surface area contributed by atoms with Crippen molar-refractivity contribution in [1.82, 2.24) is 4.72 Å². The van der Waals surface area contributed by atoms with Crippen LogP contribution in [0.1, 0.15) is 23.2 Å². The van der Waals surface area contributed by atoms with Gasteiger partial charge < -0.3 is 5.32 Å². The van der Waals surface area contributed by atoms with Crippen molar-refractivity contribution in [3.05, 3.63) is 59.7 Å². The molecule has 24 heavy (non-hydrogen) atoms. The lowest BCUT2D eigenvalue weighted by Gasteiger charge is -2.09. The summed E-state index contributed by atoms with van der Waals surface area (Å²) in [6, 6.07) is 8.34. The van der Waals surface area contributed by atoms with Gasteiger partial charge in [-0.15, -0.1) is 0 Å². The van der Waals surface area contributed by atoms with Crippen LogP contribution in [0.5, 0.6) is 0 Å². The molecule has 2 N–H and O–H groups in total. The number of rotatable bonds is 5. The molecule has 0 bridgehead atoms. The number of hydrogen-bond acceptors (Lipinski definition) is 3. The zero-order valence-corrected chi connectivity index (χ0v) is 13.2. The molecule has 0 aliphatic heterocycles. The number of hydrogen-bond donors (Lipinski definition) is 2. The average molecular weight is 352 g/mol. The zero-order valence-electron chi connectivity index (χ0n) is 12.4. The SMILES string of the molecule is O=C(Nc1c(F)cccc1F)c1ccc(S(=O)(=O)NC2CC2)cc1. The van der Waals surface area contributed by atoms with Gasteiger partial charge in [0.05, 0.1) is 4.90 Å². The Balaban J connectivity index is 1.76. The lowest BCUT2D eigenvalue weighted by Crippen LogP contribution is -2.25. The molecule has 8 heteroatoms. The van der Waals surface area contributed by atoms with E-state index in [0.717, 1.165) is 25.0 Å². The van der Waals surface area contributed by atoms with Gasteiger partial charge in [0.15, 0.2) is 0 Å². The van der Waals surface area contributed by atoms with Gasteiger partial charge in [0.25, 0.3) is 5.91 Å². The van der Waals surface area contributed by atoms with Gasteiger partial charge >= 0.3 is 0 Å². The Morgan fingerprint density at radius 3 is 2.12 bits per heavy atom. The molecule has 1 fully saturated rings. The molecule has 3 rings (SSSR count). The molecule has 5 nitrogen and oxygen atoms in total. The molecule has 0 saturated heterocycles. The largest absolute Gasteiger partial charge is 0.317 e. The highest BCUT2D eigenvalue weighted by Gasteiger charge is 2.28. The van der Waals surface area contributed by atoms with E-state index in [9.17, 15) is 22.0 Å². The van der Waals surface area contributed by atoms with Crippen molar-refractivity contribution < 1.29 is 22.0 Å². The molecule has 1 aliphatic rings. The third kappa shape index (κ3) is 3.60. The van der Waals surface area contributed by atoms with E-state index in [-0.39, 0.29) is 16.5 Å². The van der Waals surface area contributed by atoms with Gasteiger partial charge in [0, 0.05) is 11.6 Å². The molecule has 0 radical (unpaired) electrons. The number of anilines is 1. The first-order chi connectivity index (χ1) is 11.4. The zero-order chi connectivity index (χ0) is 17.3.